The van der Waals surface area contributed by atoms with Gasteiger partial charge >= 0.3 is 5.97 Å². The molecule has 0 bridgehead atoms. The predicted molar refractivity (Wildman–Crippen MR) is 101 cm³/mol. The number of carbonyl (C=O) groups is 1. The molecule has 1 unspecified atom stereocenters. The van der Waals surface area contributed by atoms with Gasteiger partial charge in [0.25, 0.3) is 0 Å². The molecule has 0 amide bonds. The summed E-state index contributed by atoms with van der Waals surface area (Å²) < 4.78 is 12.0. The van der Waals surface area contributed by atoms with Crippen LogP contribution in [0.5, 0.6) is 0 Å². The smallest absolute Gasteiger partial charge is 0.334 e. The number of hydrogen-bond acceptors (Lipinski definition) is 3. The van der Waals surface area contributed by atoms with E-state index in [2.05, 4.69) is 18.7 Å². The zero-order chi connectivity index (χ0) is 17.7. The molecule has 1 atom stereocenters. The number of rotatable bonds is 2. The van der Waals surface area contributed by atoms with Gasteiger partial charge in [-0.25, -0.2) is 4.79 Å². The second kappa shape index (κ2) is 5.33. The highest BCUT2D eigenvalue weighted by Gasteiger charge is 2.48. The Kier molecular flexibility index (Phi) is 3.07. The van der Waals surface area contributed by atoms with Gasteiger partial charge in [0.05, 0.1) is 0 Å². The Morgan fingerprint density at radius 3 is 2.42 bits per heavy atom. The molecule has 2 heterocycles. The van der Waals surface area contributed by atoms with Gasteiger partial charge in [-0.1, -0.05) is 67.2 Å². The molecular formula is C23H16O3. The van der Waals surface area contributed by atoms with Gasteiger partial charge in [-0.3, -0.25) is 0 Å². The fraction of sp³-hybridized carbons (Fsp3) is 0.0870. The summed E-state index contributed by atoms with van der Waals surface area (Å²) >= 11 is 0. The van der Waals surface area contributed by atoms with Crippen molar-refractivity contribution in [2.75, 3.05) is 0 Å². The van der Waals surface area contributed by atoms with E-state index in [1.807, 2.05) is 60.7 Å². The lowest BCUT2D eigenvalue weighted by Gasteiger charge is -2.25. The molecule has 1 aliphatic heterocycles. The molecule has 0 saturated carbocycles. The summed E-state index contributed by atoms with van der Waals surface area (Å²) in [4.78, 5) is 12.2. The first-order valence-corrected chi connectivity index (χ1v) is 8.56. The molecule has 3 aromatic carbocycles. The van der Waals surface area contributed by atoms with Gasteiger partial charge in [0.2, 0.25) is 0 Å². The van der Waals surface area contributed by atoms with Crippen molar-refractivity contribution in [1.29, 1.82) is 0 Å². The number of ether oxygens (including phenoxy) is 1. The van der Waals surface area contributed by atoms with Crippen molar-refractivity contribution >= 4 is 27.7 Å². The molecule has 4 aromatic rings. The lowest BCUT2D eigenvalue weighted by Crippen LogP contribution is -2.26. The number of esters is 1. The van der Waals surface area contributed by atoms with Crippen molar-refractivity contribution in [1.82, 2.24) is 0 Å². The zero-order valence-corrected chi connectivity index (χ0v) is 14.1. The van der Waals surface area contributed by atoms with E-state index in [0.717, 1.165) is 27.3 Å². The predicted octanol–water partition coefficient (Wildman–Crippen LogP) is 5.33. The highest BCUT2D eigenvalue weighted by molar-refractivity contribution is 6.06. The van der Waals surface area contributed by atoms with Crippen LogP contribution in [0, 0.1) is 0 Å². The van der Waals surface area contributed by atoms with E-state index in [1.54, 1.807) is 0 Å². The Balaban J connectivity index is 1.79. The average molecular weight is 340 g/mol. The third-order valence-electron chi connectivity index (χ3n) is 5.08. The van der Waals surface area contributed by atoms with E-state index in [0.29, 0.717) is 17.8 Å². The summed E-state index contributed by atoms with van der Waals surface area (Å²) in [6.07, 6.45) is 0.383. The number of cyclic esters (lactones) is 1. The normalized spacial score (nSPS) is 20.0. The fourth-order valence-corrected chi connectivity index (χ4v) is 3.78. The molecule has 26 heavy (non-hydrogen) atoms. The van der Waals surface area contributed by atoms with Crippen molar-refractivity contribution in [3.63, 3.8) is 0 Å². The first-order chi connectivity index (χ1) is 12.7. The lowest BCUT2D eigenvalue weighted by atomic mass is 9.87. The standard InChI is InChI=1S/C23H16O3/c1-15-14-23(26-22(15)24,17-8-3-2-4-9-17)21-13-19-18-10-6-5-7-16(18)11-12-20(19)25-21/h2-13H,1,14H2. The Hall–Kier alpha value is -3.33. The quantitative estimate of drug-likeness (QED) is 0.365. The monoisotopic (exact) mass is 340 g/mol. The van der Waals surface area contributed by atoms with E-state index in [9.17, 15) is 4.79 Å². The summed E-state index contributed by atoms with van der Waals surface area (Å²) in [5, 5.41) is 3.28. The summed E-state index contributed by atoms with van der Waals surface area (Å²) in [5.41, 5.74) is 1.16. The molecule has 0 radical (unpaired) electrons. The molecule has 3 heteroatoms. The number of furan rings is 1. The highest BCUT2D eigenvalue weighted by Crippen LogP contribution is 2.46. The molecule has 0 N–H and O–H groups in total. The Bertz CT molecular complexity index is 1150. The Morgan fingerprint density at radius 1 is 0.885 bits per heavy atom. The minimum absolute atomic E-state index is 0.376. The minimum Gasteiger partial charge on any atom is -0.456 e. The third kappa shape index (κ3) is 2.04. The average Bonchev–Trinajstić information content (AvgIpc) is 3.25. The topological polar surface area (TPSA) is 39.4 Å². The molecule has 1 aliphatic rings. The maximum absolute atomic E-state index is 12.2. The van der Waals surface area contributed by atoms with E-state index in [-0.39, 0.29) is 5.97 Å². The molecule has 0 aliphatic carbocycles. The van der Waals surface area contributed by atoms with Crippen LogP contribution in [0.3, 0.4) is 0 Å². The van der Waals surface area contributed by atoms with Crippen molar-refractivity contribution in [3.8, 4) is 0 Å². The van der Waals surface area contributed by atoms with Crippen molar-refractivity contribution in [3.05, 3.63) is 96.3 Å². The van der Waals surface area contributed by atoms with E-state index in [1.165, 1.54) is 0 Å². The van der Waals surface area contributed by atoms with Crippen molar-refractivity contribution in [2.24, 2.45) is 0 Å². The molecule has 3 nitrogen and oxygen atoms in total. The number of fused-ring (bicyclic) bond motifs is 3. The molecule has 5 rings (SSSR count). The minimum atomic E-state index is -0.963. The van der Waals surface area contributed by atoms with Gasteiger partial charge in [-0.15, -0.1) is 0 Å². The van der Waals surface area contributed by atoms with E-state index >= 15 is 0 Å². The number of benzene rings is 3. The first-order valence-electron chi connectivity index (χ1n) is 8.56. The van der Waals surface area contributed by atoms with Crippen LogP contribution in [0.25, 0.3) is 21.7 Å². The van der Waals surface area contributed by atoms with Crippen LogP contribution in [0.1, 0.15) is 17.7 Å². The Morgan fingerprint density at radius 2 is 1.65 bits per heavy atom. The molecular weight excluding hydrogens is 324 g/mol. The second-order valence-electron chi connectivity index (χ2n) is 6.67. The molecule has 1 fully saturated rings. The SMILES string of the molecule is C=C1CC(c2ccccc2)(c2cc3c(ccc4ccccc43)o2)OC1=O. The maximum atomic E-state index is 12.2. The summed E-state index contributed by atoms with van der Waals surface area (Å²) in [5.74, 6) is 0.251. The van der Waals surface area contributed by atoms with Crippen LogP contribution in [0.15, 0.2) is 89.4 Å². The second-order valence-corrected chi connectivity index (χ2v) is 6.67. The van der Waals surface area contributed by atoms with Crippen LogP contribution < -0.4 is 0 Å². The van der Waals surface area contributed by atoms with Gasteiger partial charge in [-0.2, -0.15) is 0 Å². The van der Waals surface area contributed by atoms with Gasteiger partial charge < -0.3 is 9.15 Å². The van der Waals surface area contributed by atoms with Crippen LogP contribution >= 0.6 is 0 Å². The summed E-state index contributed by atoms with van der Waals surface area (Å²) in [7, 11) is 0. The van der Waals surface area contributed by atoms with Gasteiger partial charge in [-0.05, 0) is 22.9 Å². The van der Waals surface area contributed by atoms with Gasteiger partial charge in [0.1, 0.15) is 5.58 Å². The van der Waals surface area contributed by atoms with Crippen LogP contribution in [-0.4, -0.2) is 5.97 Å². The highest BCUT2D eigenvalue weighted by atomic mass is 16.6. The van der Waals surface area contributed by atoms with Gasteiger partial charge in [0, 0.05) is 22.9 Å². The number of carbonyl (C=O) groups excluding carboxylic acids is 1. The molecule has 1 aromatic heterocycles. The largest absolute Gasteiger partial charge is 0.456 e. The van der Waals surface area contributed by atoms with Gasteiger partial charge in [0.15, 0.2) is 11.4 Å². The third-order valence-corrected chi connectivity index (χ3v) is 5.08. The first kappa shape index (κ1) is 15.0. The lowest BCUT2D eigenvalue weighted by molar-refractivity contribution is -0.145. The molecule has 0 spiro atoms. The number of hydrogen-bond donors (Lipinski definition) is 0. The van der Waals surface area contributed by atoms with Crippen molar-refractivity contribution < 1.29 is 13.9 Å². The Labute approximate surface area is 150 Å². The summed E-state index contributed by atoms with van der Waals surface area (Å²) in [6, 6.07) is 23.9. The molecule has 1 saturated heterocycles. The summed E-state index contributed by atoms with van der Waals surface area (Å²) in [6.45, 7) is 3.87. The fourth-order valence-electron chi connectivity index (χ4n) is 3.78. The zero-order valence-electron chi connectivity index (χ0n) is 14.1. The van der Waals surface area contributed by atoms with Crippen molar-refractivity contribution in [2.45, 2.75) is 12.0 Å². The van der Waals surface area contributed by atoms with Crippen LogP contribution in [0.2, 0.25) is 0 Å². The maximum Gasteiger partial charge on any atom is 0.334 e. The van der Waals surface area contributed by atoms with Crippen LogP contribution in [-0.2, 0) is 15.1 Å². The van der Waals surface area contributed by atoms with E-state index in [4.69, 9.17) is 9.15 Å². The van der Waals surface area contributed by atoms with E-state index < -0.39 is 5.60 Å². The molecule has 126 valence electrons. The van der Waals surface area contributed by atoms with Crippen LogP contribution in [0.4, 0.5) is 0 Å².